The fourth-order valence-electron chi connectivity index (χ4n) is 1.64. The van der Waals surface area contributed by atoms with E-state index in [0.29, 0.717) is 19.6 Å². The molecule has 100 valence electrons. The summed E-state index contributed by atoms with van der Waals surface area (Å²) in [5, 5.41) is 6.12. The predicted molar refractivity (Wildman–Crippen MR) is 72.4 cm³/mol. The zero-order valence-electron chi connectivity index (χ0n) is 11.1. The van der Waals surface area contributed by atoms with Gasteiger partial charge in [0.2, 0.25) is 5.91 Å². The predicted octanol–water partition coefficient (Wildman–Crippen LogP) is 1.49. The van der Waals surface area contributed by atoms with Gasteiger partial charge in [-0.3, -0.25) is 4.79 Å². The third-order valence-corrected chi connectivity index (χ3v) is 2.69. The molecule has 1 atom stereocenters. The Labute approximate surface area is 109 Å². The SMILES string of the molecule is COCCNCCC(=O)NC(C)c1ccccc1. The minimum atomic E-state index is 0.0534. The number of hydrogen-bond donors (Lipinski definition) is 2. The van der Waals surface area contributed by atoms with Gasteiger partial charge in [0.25, 0.3) is 0 Å². The molecule has 0 saturated carbocycles. The quantitative estimate of drug-likeness (QED) is 0.687. The van der Waals surface area contributed by atoms with E-state index in [0.717, 1.165) is 12.1 Å². The monoisotopic (exact) mass is 250 g/mol. The van der Waals surface area contributed by atoms with Crippen LogP contribution in [0, 0.1) is 0 Å². The average molecular weight is 250 g/mol. The number of amides is 1. The molecule has 0 aliphatic rings. The number of ether oxygens (including phenoxy) is 1. The minimum Gasteiger partial charge on any atom is -0.383 e. The molecule has 0 radical (unpaired) electrons. The van der Waals surface area contributed by atoms with Crippen LogP contribution >= 0.6 is 0 Å². The second-order valence-corrected chi connectivity index (χ2v) is 4.19. The van der Waals surface area contributed by atoms with Gasteiger partial charge in [0.05, 0.1) is 12.6 Å². The van der Waals surface area contributed by atoms with Crippen LogP contribution in [0.1, 0.15) is 24.9 Å². The Morgan fingerprint density at radius 2 is 2.00 bits per heavy atom. The number of nitrogens with one attached hydrogen (secondary N) is 2. The first kappa shape index (κ1) is 14.7. The van der Waals surface area contributed by atoms with Crippen LogP contribution < -0.4 is 10.6 Å². The summed E-state index contributed by atoms with van der Waals surface area (Å²) in [6, 6.07) is 10.0. The molecule has 0 aliphatic heterocycles. The second kappa shape index (κ2) is 8.66. The summed E-state index contributed by atoms with van der Waals surface area (Å²) in [5.74, 6) is 0.0660. The molecule has 0 saturated heterocycles. The number of benzene rings is 1. The Bertz CT molecular complexity index is 341. The topological polar surface area (TPSA) is 50.4 Å². The van der Waals surface area contributed by atoms with Crippen molar-refractivity contribution in [2.24, 2.45) is 0 Å². The number of carbonyl (C=O) groups excluding carboxylic acids is 1. The summed E-state index contributed by atoms with van der Waals surface area (Å²) < 4.78 is 4.91. The molecular formula is C14H22N2O2. The highest BCUT2D eigenvalue weighted by molar-refractivity contribution is 5.76. The molecule has 0 aromatic heterocycles. The maximum Gasteiger partial charge on any atom is 0.221 e. The van der Waals surface area contributed by atoms with E-state index in [1.807, 2.05) is 37.3 Å². The molecule has 0 spiro atoms. The van der Waals surface area contributed by atoms with E-state index in [-0.39, 0.29) is 11.9 Å². The highest BCUT2D eigenvalue weighted by atomic mass is 16.5. The van der Waals surface area contributed by atoms with Crippen molar-refractivity contribution in [1.82, 2.24) is 10.6 Å². The van der Waals surface area contributed by atoms with Crippen molar-refractivity contribution in [3.63, 3.8) is 0 Å². The van der Waals surface area contributed by atoms with Gasteiger partial charge in [-0.05, 0) is 12.5 Å². The van der Waals surface area contributed by atoms with Crippen molar-refractivity contribution >= 4 is 5.91 Å². The van der Waals surface area contributed by atoms with Crippen molar-refractivity contribution in [2.45, 2.75) is 19.4 Å². The maximum absolute atomic E-state index is 11.7. The molecule has 1 rings (SSSR count). The fourth-order valence-corrected chi connectivity index (χ4v) is 1.64. The standard InChI is InChI=1S/C14H22N2O2/c1-12(13-6-4-3-5-7-13)16-14(17)8-9-15-10-11-18-2/h3-7,12,15H,8-11H2,1-2H3,(H,16,17). The van der Waals surface area contributed by atoms with Crippen LogP contribution in [0.4, 0.5) is 0 Å². The first-order valence-electron chi connectivity index (χ1n) is 6.28. The molecular weight excluding hydrogens is 228 g/mol. The lowest BCUT2D eigenvalue weighted by atomic mass is 10.1. The highest BCUT2D eigenvalue weighted by Gasteiger charge is 2.08. The summed E-state index contributed by atoms with van der Waals surface area (Å²) >= 11 is 0. The number of hydrogen-bond acceptors (Lipinski definition) is 3. The van der Waals surface area contributed by atoms with E-state index in [4.69, 9.17) is 4.74 Å². The number of rotatable bonds is 8. The van der Waals surface area contributed by atoms with Gasteiger partial charge in [-0.1, -0.05) is 30.3 Å². The van der Waals surface area contributed by atoms with Gasteiger partial charge >= 0.3 is 0 Å². The Balaban J connectivity index is 2.20. The van der Waals surface area contributed by atoms with E-state index in [1.165, 1.54) is 0 Å². The normalized spacial score (nSPS) is 12.1. The Morgan fingerprint density at radius 3 is 2.67 bits per heavy atom. The van der Waals surface area contributed by atoms with Gasteiger partial charge < -0.3 is 15.4 Å². The molecule has 0 bridgehead atoms. The Hall–Kier alpha value is -1.39. The molecule has 1 aromatic carbocycles. The molecule has 1 amide bonds. The summed E-state index contributed by atoms with van der Waals surface area (Å²) in [5.41, 5.74) is 1.12. The van der Waals surface area contributed by atoms with E-state index in [2.05, 4.69) is 10.6 Å². The van der Waals surface area contributed by atoms with Crippen LogP contribution in [0.2, 0.25) is 0 Å². The lowest BCUT2D eigenvalue weighted by molar-refractivity contribution is -0.121. The zero-order chi connectivity index (χ0) is 13.2. The van der Waals surface area contributed by atoms with Gasteiger partial charge in [0.1, 0.15) is 0 Å². The van der Waals surface area contributed by atoms with Gasteiger partial charge in [-0.25, -0.2) is 0 Å². The largest absolute Gasteiger partial charge is 0.383 e. The zero-order valence-corrected chi connectivity index (χ0v) is 11.1. The van der Waals surface area contributed by atoms with Crippen LogP contribution in [-0.2, 0) is 9.53 Å². The van der Waals surface area contributed by atoms with E-state index in [9.17, 15) is 4.79 Å². The first-order valence-corrected chi connectivity index (χ1v) is 6.28. The average Bonchev–Trinajstić information content (AvgIpc) is 2.39. The van der Waals surface area contributed by atoms with Crippen molar-refractivity contribution in [2.75, 3.05) is 26.8 Å². The summed E-state index contributed by atoms with van der Waals surface area (Å²) in [6.07, 6.45) is 0.487. The van der Waals surface area contributed by atoms with Crippen molar-refractivity contribution < 1.29 is 9.53 Å². The molecule has 18 heavy (non-hydrogen) atoms. The highest BCUT2D eigenvalue weighted by Crippen LogP contribution is 2.10. The molecule has 4 nitrogen and oxygen atoms in total. The van der Waals surface area contributed by atoms with E-state index in [1.54, 1.807) is 7.11 Å². The number of methoxy groups -OCH3 is 1. The summed E-state index contributed by atoms with van der Waals surface area (Å²) in [7, 11) is 1.66. The van der Waals surface area contributed by atoms with Crippen LogP contribution in [0.15, 0.2) is 30.3 Å². The van der Waals surface area contributed by atoms with Gasteiger partial charge in [0.15, 0.2) is 0 Å². The molecule has 4 heteroatoms. The molecule has 1 aromatic rings. The van der Waals surface area contributed by atoms with Gasteiger partial charge in [0, 0.05) is 26.6 Å². The lowest BCUT2D eigenvalue weighted by Gasteiger charge is -2.14. The third kappa shape index (κ3) is 5.80. The van der Waals surface area contributed by atoms with Crippen molar-refractivity contribution in [3.05, 3.63) is 35.9 Å². The molecule has 0 heterocycles. The molecule has 2 N–H and O–H groups in total. The molecule has 1 unspecified atom stereocenters. The molecule has 0 aliphatic carbocycles. The Morgan fingerprint density at radius 1 is 1.28 bits per heavy atom. The van der Waals surface area contributed by atoms with Crippen LogP contribution in [0.3, 0.4) is 0 Å². The van der Waals surface area contributed by atoms with E-state index < -0.39 is 0 Å². The van der Waals surface area contributed by atoms with Crippen molar-refractivity contribution in [1.29, 1.82) is 0 Å². The van der Waals surface area contributed by atoms with Crippen LogP contribution in [0.5, 0.6) is 0 Å². The molecule has 0 fully saturated rings. The van der Waals surface area contributed by atoms with E-state index >= 15 is 0 Å². The minimum absolute atomic E-state index is 0.0534. The van der Waals surface area contributed by atoms with Crippen LogP contribution in [-0.4, -0.2) is 32.7 Å². The van der Waals surface area contributed by atoms with Crippen LogP contribution in [0.25, 0.3) is 0 Å². The number of carbonyl (C=O) groups is 1. The van der Waals surface area contributed by atoms with Crippen molar-refractivity contribution in [3.8, 4) is 0 Å². The Kier molecular flexibility index (Phi) is 7.06. The smallest absolute Gasteiger partial charge is 0.221 e. The van der Waals surface area contributed by atoms with Gasteiger partial charge in [-0.15, -0.1) is 0 Å². The summed E-state index contributed by atoms with van der Waals surface area (Å²) in [6.45, 7) is 4.11. The summed E-state index contributed by atoms with van der Waals surface area (Å²) in [4.78, 5) is 11.7. The first-order chi connectivity index (χ1) is 8.74. The fraction of sp³-hybridized carbons (Fsp3) is 0.500. The lowest BCUT2D eigenvalue weighted by Crippen LogP contribution is -2.30. The maximum atomic E-state index is 11.7. The third-order valence-electron chi connectivity index (χ3n) is 2.69. The second-order valence-electron chi connectivity index (χ2n) is 4.19. The van der Waals surface area contributed by atoms with Gasteiger partial charge in [-0.2, -0.15) is 0 Å².